The third-order valence-corrected chi connectivity index (χ3v) is 7.41. The van der Waals surface area contributed by atoms with E-state index in [1.807, 2.05) is 6.92 Å². The number of barbiturate groups is 1. The van der Waals surface area contributed by atoms with Gasteiger partial charge in [-0.15, -0.1) is 0 Å². The number of nitrogens with one attached hydrogen (secondary N) is 1. The smallest absolute Gasteiger partial charge is 0.339 e. The number of rotatable bonds is 6. The highest BCUT2D eigenvalue weighted by Gasteiger charge is 2.37. The monoisotopic (exact) mass is 542 g/mol. The van der Waals surface area contributed by atoms with Crippen LogP contribution in [-0.2, 0) is 19.7 Å². The molecule has 39 heavy (non-hydrogen) atoms. The molecule has 1 N–H and O–H groups in total. The van der Waals surface area contributed by atoms with Crippen LogP contribution in [0.1, 0.15) is 11.1 Å². The average molecular weight is 543 g/mol. The van der Waals surface area contributed by atoms with Crippen LogP contribution in [0, 0.1) is 6.92 Å². The molecule has 9 nitrogen and oxygen atoms in total. The van der Waals surface area contributed by atoms with E-state index >= 15 is 0 Å². The fourth-order valence-electron chi connectivity index (χ4n) is 4.14. The summed E-state index contributed by atoms with van der Waals surface area (Å²) in [6.45, 7) is 1.83. The van der Waals surface area contributed by atoms with Crippen molar-refractivity contribution in [2.75, 3.05) is 12.0 Å². The second-order valence-corrected chi connectivity index (χ2v) is 10.3. The molecule has 4 aromatic carbocycles. The van der Waals surface area contributed by atoms with Gasteiger partial charge in [0.1, 0.15) is 16.2 Å². The number of anilines is 1. The van der Waals surface area contributed by atoms with Crippen molar-refractivity contribution >= 4 is 50.5 Å². The number of nitrogens with zero attached hydrogens (tertiary/aromatic N) is 1. The largest absolute Gasteiger partial charge is 0.497 e. The molecule has 5 rings (SSSR count). The lowest BCUT2D eigenvalue weighted by molar-refractivity contribution is -0.122. The number of ether oxygens (including phenoxy) is 1. The van der Waals surface area contributed by atoms with Crippen LogP contribution in [-0.4, -0.2) is 33.4 Å². The van der Waals surface area contributed by atoms with Crippen molar-refractivity contribution in [3.05, 3.63) is 102 Å². The molecule has 1 saturated heterocycles. The zero-order valence-electron chi connectivity index (χ0n) is 20.9. The first-order valence-corrected chi connectivity index (χ1v) is 13.2. The van der Waals surface area contributed by atoms with Crippen molar-refractivity contribution in [1.82, 2.24) is 5.32 Å². The maximum atomic E-state index is 13.5. The van der Waals surface area contributed by atoms with Crippen LogP contribution in [0.2, 0.25) is 0 Å². The fourth-order valence-corrected chi connectivity index (χ4v) is 5.08. The molecule has 4 amide bonds. The van der Waals surface area contributed by atoms with Gasteiger partial charge in [-0.1, -0.05) is 48.0 Å². The number of hydrogen-bond donors (Lipinski definition) is 1. The molecular weight excluding hydrogens is 520 g/mol. The Kier molecular flexibility index (Phi) is 6.63. The Hall–Kier alpha value is -4.96. The number of amides is 4. The highest BCUT2D eigenvalue weighted by Crippen LogP contribution is 2.33. The summed E-state index contributed by atoms with van der Waals surface area (Å²) in [7, 11) is -2.77. The predicted molar refractivity (Wildman–Crippen MR) is 145 cm³/mol. The van der Waals surface area contributed by atoms with Gasteiger partial charge >= 0.3 is 16.1 Å². The Morgan fingerprint density at radius 1 is 0.846 bits per heavy atom. The van der Waals surface area contributed by atoms with Crippen LogP contribution in [0.3, 0.4) is 0 Å². The molecule has 196 valence electrons. The molecule has 0 aromatic heterocycles. The number of aryl methyl sites for hydroxylation is 1. The summed E-state index contributed by atoms with van der Waals surface area (Å²) in [6.07, 6.45) is 1.24. The number of carbonyl (C=O) groups is 3. The van der Waals surface area contributed by atoms with Gasteiger partial charge in [0.05, 0.1) is 12.8 Å². The van der Waals surface area contributed by atoms with E-state index in [0.29, 0.717) is 11.1 Å². The SMILES string of the molecule is COc1ccc(N2C(=O)NC(=O)/C(=C\c3c(OS(=O)(=O)c4ccc(C)cc4)ccc4ccccc34)C2=O)cc1. The van der Waals surface area contributed by atoms with E-state index in [2.05, 4.69) is 5.32 Å². The van der Waals surface area contributed by atoms with Gasteiger partial charge in [-0.3, -0.25) is 14.9 Å². The van der Waals surface area contributed by atoms with E-state index in [4.69, 9.17) is 8.92 Å². The standard InChI is InChI=1S/C29H22N2O7S/c1-18-7-14-22(15-8-18)39(35,36)38-26-16-9-19-5-3-4-6-23(19)24(26)17-25-27(32)30-29(34)31(28(25)33)20-10-12-21(37-2)13-11-20/h3-17H,1-2H3,(H,30,32,34)/b25-17+. The molecule has 1 aliphatic rings. The van der Waals surface area contributed by atoms with Crippen molar-refractivity contribution < 1.29 is 31.7 Å². The van der Waals surface area contributed by atoms with Crippen molar-refractivity contribution in [3.8, 4) is 11.5 Å². The summed E-state index contributed by atoms with van der Waals surface area (Å²) in [4.78, 5) is 39.7. The van der Waals surface area contributed by atoms with E-state index in [0.717, 1.165) is 15.8 Å². The minimum atomic E-state index is -4.25. The molecule has 0 bridgehead atoms. The molecule has 1 aliphatic heterocycles. The number of imide groups is 2. The predicted octanol–water partition coefficient (Wildman–Crippen LogP) is 4.59. The van der Waals surface area contributed by atoms with Gasteiger partial charge in [-0.2, -0.15) is 8.42 Å². The summed E-state index contributed by atoms with van der Waals surface area (Å²) in [5.74, 6) is -1.37. The Morgan fingerprint density at radius 2 is 1.54 bits per heavy atom. The van der Waals surface area contributed by atoms with Crippen LogP contribution in [0.5, 0.6) is 11.5 Å². The lowest BCUT2D eigenvalue weighted by Gasteiger charge is -2.26. The van der Waals surface area contributed by atoms with E-state index < -0.39 is 28.0 Å². The molecule has 4 aromatic rings. The topological polar surface area (TPSA) is 119 Å². The first kappa shape index (κ1) is 25.7. The molecule has 0 aliphatic carbocycles. The summed E-state index contributed by atoms with van der Waals surface area (Å²) >= 11 is 0. The van der Waals surface area contributed by atoms with Gasteiger partial charge in [0.15, 0.2) is 5.75 Å². The normalized spacial score (nSPS) is 15.0. The third kappa shape index (κ3) is 4.97. The van der Waals surface area contributed by atoms with Gasteiger partial charge in [0, 0.05) is 5.56 Å². The molecular formula is C29H22N2O7S. The van der Waals surface area contributed by atoms with Gasteiger partial charge in [0.2, 0.25) is 0 Å². The van der Waals surface area contributed by atoms with E-state index in [-0.39, 0.29) is 27.5 Å². The Labute approximate surface area is 224 Å². The zero-order valence-corrected chi connectivity index (χ0v) is 21.7. The van der Waals surface area contributed by atoms with Crippen LogP contribution in [0.15, 0.2) is 95.4 Å². The summed E-state index contributed by atoms with van der Waals surface area (Å²) < 4.78 is 36.9. The highest BCUT2D eigenvalue weighted by molar-refractivity contribution is 7.87. The number of hydrogen-bond acceptors (Lipinski definition) is 7. The number of methoxy groups -OCH3 is 1. The minimum absolute atomic E-state index is 0.0531. The van der Waals surface area contributed by atoms with Crippen LogP contribution < -0.4 is 19.1 Å². The first-order chi connectivity index (χ1) is 18.7. The molecule has 0 unspecified atom stereocenters. The second kappa shape index (κ2) is 10.1. The van der Waals surface area contributed by atoms with Crippen molar-refractivity contribution in [1.29, 1.82) is 0 Å². The number of carbonyl (C=O) groups excluding carboxylic acids is 3. The van der Waals surface area contributed by atoms with E-state index in [1.165, 1.54) is 43.5 Å². The van der Waals surface area contributed by atoms with Crippen LogP contribution in [0.4, 0.5) is 10.5 Å². The van der Waals surface area contributed by atoms with Gasteiger partial charge in [-0.05, 0) is 66.2 Å². The fraction of sp³-hybridized carbons (Fsp3) is 0.0690. The van der Waals surface area contributed by atoms with Gasteiger partial charge in [-0.25, -0.2) is 9.69 Å². The van der Waals surface area contributed by atoms with Crippen LogP contribution >= 0.6 is 0 Å². The lowest BCUT2D eigenvalue weighted by Crippen LogP contribution is -2.54. The van der Waals surface area contributed by atoms with Crippen molar-refractivity contribution in [2.24, 2.45) is 0 Å². The molecule has 0 spiro atoms. The van der Waals surface area contributed by atoms with Gasteiger partial charge in [0.25, 0.3) is 11.8 Å². The zero-order chi connectivity index (χ0) is 27.7. The van der Waals surface area contributed by atoms with Crippen molar-refractivity contribution in [3.63, 3.8) is 0 Å². The van der Waals surface area contributed by atoms with E-state index in [9.17, 15) is 22.8 Å². The minimum Gasteiger partial charge on any atom is -0.497 e. The quantitative estimate of drug-likeness (QED) is 0.215. The Balaban J connectivity index is 1.62. The molecule has 10 heteroatoms. The highest BCUT2D eigenvalue weighted by atomic mass is 32.2. The second-order valence-electron chi connectivity index (χ2n) is 8.70. The summed E-state index contributed by atoms with van der Waals surface area (Å²) in [5.41, 5.74) is 0.904. The molecule has 1 heterocycles. The molecule has 0 saturated carbocycles. The van der Waals surface area contributed by atoms with E-state index in [1.54, 1.807) is 54.6 Å². The molecule has 1 fully saturated rings. The molecule has 0 atom stereocenters. The van der Waals surface area contributed by atoms with Crippen LogP contribution in [0.25, 0.3) is 16.8 Å². The number of urea groups is 1. The number of fused-ring (bicyclic) bond motifs is 1. The maximum Gasteiger partial charge on any atom is 0.339 e. The Bertz CT molecular complexity index is 1760. The summed E-state index contributed by atoms with van der Waals surface area (Å²) in [5, 5.41) is 3.43. The number of benzene rings is 4. The maximum absolute atomic E-state index is 13.5. The van der Waals surface area contributed by atoms with Crippen molar-refractivity contribution in [2.45, 2.75) is 11.8 Å². The Morgan fingerprint density at radius 3 is 2.23 bits per heavy atom. The van der Waals surface area contributed by atoms with Gasteiger partial charge < -0.3 is 8.92 Å². The molecule has 0 radical (unpaired) electrons. The third-order valence-electron chi connectivity index (χ3n) is 6.16. The first-order valence-electron chi connectivity index (χ1n) is 11.8. The summed E-state index contributed by atoms with van der Waals surface area (Å²) in [6, 6.07) is 21.6. The lowest BCUT2D eigenvalue weighted by atomic mass is 10.00. The average Bonchev–Trinajstić information content (AvgIpc) is 2.92.